The lowest BCUT2D eigenvalue weighted by atomic mass is 10.1. The maximum Gasteiger partial charge on any atom is 0.255 e. The fraction of sp³-hybridized carbons (Fsp3) is 0.0714. The summed E-state index contributed by atoms with van der Waals surface area (Å²) in [7, 11) is 1.40. The molecule has 0 atom stereocenters. The minimum Gasteiger partial charge on any atom is -0.383 e. The van der Waals surface area contributed by atoms with Crippen molar-refractivity contribution in [3.63, 3.8) is 0 Å². The van der Waals surface area contributed by atoms with Crippen LogP contribution >= 0.6 is 34.2 Å². The molecule has 2 aromatic carbocycles. The molecule has 0 aromatic heterocycles. The Balaban J connectivity index is 2.28. The van der Waals surface area contributed by atoms with E-state index in [1.54, 1.807) is 18.2 Å². The lowest BCUT2D eigenvalue weighted by Gasteiger charge is -2.10. The van der Waals surface area contributed by atoms with E-state index in [0.717, 1.165) is 15.7 Å². The van der Waals surface area contributed by atoms with E-state index in [1.807, 2.05) is 0 Å². The minimum atomic E-state index is -0.837. The van der Waals surface area contributed by atoms with Gasteiger partial charge < -0.3 is 10.6 Å². The predicted molar refractivity (Wildman–Crippen MR) is 88.0 cm³/mol. The highest BCUT2D eigenvalue weighted by atomic mass is 127. The molecular weight excluding hydrogens is 413 g/mol. The first-order valence-corrected chi connectivity index (χ1v) is 7.31. The Morgan fingerprint density at radius 3 is 2.33 bits per heavy atom. The van der Waals surface area contributed by atoms with E-state index in [2.05, 4.69) is 33.2 Å². The van der Waals surface area contributed by atoms with E-state index in [9.17, 15) is 13.6 Å². The normalized spacial score (nSPS) is 10.3. The second-order valence-electron chi connectivity index (χ2n) is 4.14. The monoisotopic (exact) mass is 422 g/mol. The summed E-state index contributed by atoms with van der Waals surface area (Å²) in [5.41, 5.74) is -0.0296. The molecule has 0 saturated carbocycles. The highest BCUT2D eigenvalue weighted by Crippen LogP contribution is 2.25. The molecule has 2 aromatic rings. The number of hydrogen-bond donors (Lipinski definition) is 2. The van der Waals surface area contributed by atoms with Crippen molar-refractivity contribution in [3.05, 3.63) is 56.1 Å². The molecule has 0 bridgehead atoms. The number of rotatable bonds is 3. The Kier molecular flexibility index (Phi) is 5.00. The van der Waals surface area contributed by atoms with Crippen LogP contribution in [0.3, 0.4) is 0 Å². The van der Waals surface area contributed by atoms with Crippen LogP contribution in [-0.2, 0) is 0 Å². The molecule has 0 aliphatic heterocycles. The second kappa shape index (κ2) is 6.57. The molecule has 2 rings (SSSR count). The van der Waals surface area contributed by atoms with Crippen LogP contribution in [0.1, 0.15) is 10.4 Å². The van der Waals surface area contributed by atoms with Gasteiger partial charge in [0.1, 0.15) is 17.3 Å². The fourth-order valence-corrected chi connectivity index (χ4v) is 2.63. The molecule has 0 spiro atoms. The van der Waals surface area contributed by atoms with Crippen LogP contribution in [0.15, 0.2) is 30.3 Å². The predicted octanol–water partition coefficient (Wildman–Crippen LogP) is 4.52. The van der Waals surface area contributed by atoms with Crippen molar-refractivity contribution in [2.75, 3.05) is 17.7 Å². The number of carbonyl (C=O) groups is 1. The van der Waals surface area contributed by atoms with Crippen LogP contribution in [0.5, 0.6) is 0 Å². The number of halogens is 4. The van der Waals surface area contributed by atoms with Gasteiger partial charge in [-0.3, -0.25) is 4.79 Å². The molecule has 0 unspecified atom stereocenters. The zero-order chi connectivity index (χ0) is 15.6. The van der Waals surface area contributed by atoms with Crippen LogP contribution in [0.25, 0.3) is 0 Å². The highest BCUT2D eigenvalue weighted by molar-refractivity contribution is 14.1. The Hall–Kier alpha value is -1.41. The van der Waals surface area contributed by atoms with E-state index in [-0.39, 0.29) is 11.3 Å². The molecule has 1 amide bonds. The molecule has 21 heavy (non-hydrogen) atoms. The number of carbonyl (C=O) groups excluding carboxylic acids is 1. The van der Waals surface area contributed by atoms with Gasteiger partial charge in [0.15, 0.2) is 0 Å². The van der Waals surface area contributed by atoms with Crippen LogP contribution in [0, 0.1) is 15.2 Å². The van der Waals surface area contributed by atoms with Gasteiger partial charge in [-0.05, 0) is 52.9 Å². The molecule has 7 heteroatoms. The van der Waals surface area contributed by atoms with Gasteiger partial charge in [-0.25, -0.2) is 8.78 Å². The van der Waals surface area contributed by atoms with E-state index < -0.39 is 17.5 Å². The molecule has 2 N–H and O–H groups in total. The van der Waals surface area contributed by atoms with Crippen LogP contribution in [-0.4, -0.2) is 13.0 Å². The van der Waals surface area contributed by atoms with Gasteiger partial charge in [0, 0.05) is 16.2 Å². The zero-order valence-corrected chi connectivity index (χ0v) is 13.7. The molecule has 0 aliphatic rings. The minimum absolute atomic E-state index is 0.126. The quantitative estimate of drug-likeness (QED) is 0.714. The van der Waals surface area contributed by atoms with Gasteiger partial charge in [0.25, 0.3) is 5.91 Å². The number of nitrogens with one attached hydrogen (secondary N) is 2. The summed E-state index contributed by atoms with van der Waals surface area (Å²) in [4.78, 5) is 12.0. The first kappa shape index (κ1) is 16.0. The Labute approximate surface area is 138 Å². The molecule has 0 fully saturated rings. The van der Waals surface area contributed by atoms with Crippen molar-refractivity contribution in [3.8, 4) is 0 Å². The lowest BCUT2D eigenvalue weighted by Crippen LogP contribution is -2.13. The van der Waals surface area contributed by atoms with E-state index in [1.165, 1.54) is 7.05 Å². The molecule has 0 radical (unpaired) electrons. The van der Waals surface area contributed by atoms with Gasteiger partial charge in [0.2, 0.25) is 0 Å². The standard InChI is InChI=1S/C14H10ClF2IN2O/c1-19-13-10(16)4-7(5-11(13)17)14(21)20-12-3-2-8(18)6-9(12)15/h2-6,19H,1H3,(H,20,21). The maximum absolute atomic E-state index is 13.6. The SMILES string of the molecule is CNc1c(F)cc(C(=O)Nc2ccc(I)cc2Cl)cc1F. The summed E-state index contributed by atoms with van der Waals surface area (Å²) in [5, 5.41) is 5.26. The van der Waals surface area contributed by atoms with E-state index in [0.29, 0.717) is 10.7 Å². The zero-order valence-electron chi connectivity index (χ0n) is 10.8. The maximum atomic E-state index is 13.6. The summed E-state index contributed by atoms with van der Waals surface area (Å²) in [6.07, 6.45) is 0. The number of benzene rings is 2. The van der Waals surface area contributed by atoms with Crippen LogP contribution in [0.2, 0.25) is 5.02 Å². The van der Waals surface area contributed by atoms with Crippen molar-refractivity contribution >= 4 is 51.5 Å². The molecule has 0 aliphatic carbocycles. The Morgan fingerprint density at radius 2 is 1.81 bits per heavy atom. The smallest absolute Gasteiger partial charge is 0.255 e. The summed E-state index contributed by atoms with van der Waals surface area (Å²) < 4.78 is 28.2. The molecule has 0 saturated heterocycles. The third-order valence-corrected chi connectivity index (χ3v) is 3.72. The Morgan fingerprint density at radius 1 is 1.19 bits per heavy atom. The van der Waals surface area contributed by atoms with Crippen LogP contribution < -0.4 is 10.6 Å². The summed E-state index contributed by atoms with van der Waals surface area (Å²) >= 11 is 8.07. The summed E-state index contributed by atoms with van der Waals surface area (Å²) in [6, 6.07) is 6.97. The lowest BCUT2D eigenvalue weighted by molar-refractivity contribution is 0.102. The van der Waals surface area contributed by atoms with Gasteiger partial charge in [-0.15, -0.1) is 0 Å². The topological polar surface area (TPSA) is 41.1 Å². The van der Waals surface area contributed by atoms with Crippen molar-refractivity contribution in [1.82, 2.24) is 0 Å². The fourth-order valence-electron chi connectivity index (χ4n) is 1.73. The first-order chi connectivity index (χ1) is 9.92. The average Bonchev–Trinajstić information content (AvgIpc) is 2.41. The molecular formula is C14H10ClF2IN2O. The van der Waals surface area contributed by atoms with Crippen molar-refractivity contribution < 1.29 is 13.6 Å². The molecule has 3 nitrogen and oxygen atoms in total. The van der Waals surface area contributed by atoms with Crippen LogP contribution in [0.4, 0.5) is 20.2 Å². The van der Waals surface area contributed by atoms with E-state index >= 15 is 0 Å². The van der Waals surface area contributed by atoms with Crippen molar-refractivity contribution in [1.29, 1.82) is 0 Å². The van der Waals surface area contributed by atoms with E-state index in [4.69, 9.17) is 11.6 Å². The van der Waals surface area contributed by atoms with Gasteiger partial charge in [-0.2, -0.15) is 0 Å². The number of amides is 1. The summed E-state index contributed by atoms with van der Waals surface area (Å²) in [5.74, 6) is -2.31. The summed E-state index contributed by atoms with van der Waals surface area (Å²) in [6.45, 7) is 0. The van der Waals surface area contributed by atoms with Crippen molar-refractivity contribution in [2.45, 2.75) is 0 Å². The Bertz CT molecular complexity index is 686. The van der Waals surface area contributed by atoms with Gasteiger partial charge >= 0.3 is 0 Å². The average molecular weight is 423 g/mol. The van der Waals surface area contributed by atoms with Gasteiger partial charge in [0.05, 0.1) is 10.7 Å². The van der Waals surface area contributed by atoms with Crippen molar-refractivity contribution in [2.24, 2.45) is 0 Å². The third kappa shape index (κ3) is 3.62. The molecule has 0 heterocycles. The third-order valence-electron chi connectivity index (χ3n) is 2.73. The highest BCUT2D eigenvalue weighted by Gasteiger charge is 2.15. The largest absolute Gasteiger partial charge is 0.383 e. The van der Waals surface area contributed by atoms with Gasteiger partial charge in [-0.1, -0.05) is 11.6 Å². The second-order valence-corrected chi connectivity index (χ2v) is 5.80. The number of hydrogen-bond acceptors (Lipinski definition) is 2. The first-order valence-electron chi connectivity index (χ1n) is 5.85. The molecule has 110 valence electrons. The number of anilines is 2.